The molecular formula is C41H72O8. The van der Waals surface area contributed by atoms with Crippen LogP contribution in [-0.4, -0.2) is 64.6 Å². The number of hydrogen-bond donors (Lipinski definition) is 3. The maximum absolute atomic E-state index is 12.4. The molecule has 0 heterocycles. The van der Waals surface area contributed by atoms with Crippen LogP contribution in [0.1, 0.15) is 174 Å². The van der Waals surface area contributed by atoms with Crippen LogP contribution in [0.15, 0.2) is 24.3 Å². The van der Waals surface area contributed by atoms with Crippen LogP contribution in [0, 0.1) is 11.8 Å². The highest BCUT2D eigenvalue weighted by Crippen LogP contribution is 2.33. The first-order valence-corrected chi connectivity index (χ1v) is 20.0. The quantitative estimate of drug-likeness (QED) is 0.0362. The summed E-state index contributed by atoms with van der Waals surface area (Å²) in [6.45, 7) is 3.81. The minimum Gasteiger partial charge on any atom is -0.462 e. The number of hydrogen-bond acceptors (Lipinski definition) is 8. The van der Waals surface area contributed by atoms with E-state index in [-0.39, 0.29) is 37.1 Å². The van der Waals surface area contributed by atoms with Crippen molar-refractivity contribution in [2.24, 2.45) is 11.8 Å². The number of carbonyl (C=O) groups is 3. The number of esters is 2. The number of Topliss-reactive ketones (excluding diaryl/α,β-unsaturated/α-hetero) is 1. The Labute approximate surface area is 298 Å². The number of ether oxygens (including phenoxy) is 2. The molecule has 0 unspecified atom stereocenters. The number of aliphatic hydroxyl groups is 3. The molecule has 284 valence electrons. The van der Waals surface area contributed by atoms with Crippen LogP contribution in [0.2, 0.25) is 0 Å². The van der Waals surface area contributed by atoms with Gasteiger partial charge in [0.05, 0.1) is 18.8 Å². The second-order valence-electron chi connectivity index (χ2n) is 14.2. The maximum Gasteiger partial charge on any atom is 0.306 e. The van der Waals surface area contributed by atoms with Gasteiger partial charge in [-0.15, -0.1) is 0 Å². The molecule has 1 saturated carbocycles. The lowest BCUT2D eigenvalue weighted by Gasteiger charge is -2.17. The third-order valence-electron chi connectivity index (χ3n) is 9.62. The van der Waals surface area contributed by atoms with E-state index in [2.05, 4.69) is 13.8 Å². The maximum atomic E-state index is 12.4. The van der Waals surface area contributed by atoms with Crippen molar-refractivity contribution in [2.45, 2.75) is 193 Å². The monoisotopic (exact) mass is 693 g/mol. The molecule has 0 saturated heterocycles. The Morgan fingerprint density at radius 2 is 1.33 bits per heavy atom. The highest BCUT2D eigenvalue weighted by Gasteiger charge is 2.39. The van der Waals surface area contributed by atoms with Gasteiger partial charge in [0.25, 0.3) is 0 Å². The average molecular weight is 693 g/mol. The zero-order valence-electron chi connectivity index (χ0n) is 31.2. The van der Waals surface area contributed by atoms with Crippen molar-refractivity contribution in [1.82, 2.24) is 0 Å². The van der Waals surface area contributed by atoms with Crippen molar-refractivity contribution < 1.29 is 39.2 Å². The molecule has 0 amide bonds. The molecule has 0 aromatic carbocycles. The molecule has 0 bridgehead atoms. The Morgan fingerprint density at radius 1 is 0.776 bits per heavy atom. The van der Waals surface area contributed by atoms with E-state index in [9.17, 15) is 29.7 Å². The minimum absolute atomic E-state index is 0.00235. The Morgan fingerprint density at radius 3 is 1.92 bits per heavy atom. The third kappa shape index (κ3) is 23.9. The summed E-state index contributed by atoms with van der Waals surface area (Å²) in [7, 11) is 0. The highest BCUT2D eigenvalue weighted by atomic mass is 16.6. The molecule has 5 atom stereocenters. The van der Waals surface area contributed by atoms with Crippen LogP contribution in [0.4, 0.5) is 0 Å². The predicted molar refractivity (Wildman–Crippen MR) is 197 cm³/mol. The smallest absolute Gasteiger partial charge is 0.306 e. The SMILES string of the molecule is CCCCCCCCCCCCCCCCCC(=O)O[C@@H](CO)COC(=O)CCC/C=C\C[C@H]1[C@@H](O)CC(=O)[C@@H]1/C=C/[C@@H](O)CCCCC. The Bertz CT molecular complexity index is 900. The second kappa shape index (κ2) is 30.8. The number of ketones is 1. The van der Waals surface area contributed by atoms with Crippen molar-refractivity contribution in [1.29, 1.82) is 0 Å². The third-order valence-corrected chi connectivity index (χ3v) is 9.62. The Kier molecular flexibility index (Phi) is 28.2. The Balaban J connectivity index is 2.11. The lowest BCUT2D eigenvalue weighted by atomic mass is 9.90. The molecular weight excluding hydrogens is 620 g/mol. The van der Waals surface area contributed by atoms with E-state index in [4.69, 9.17) is 9.47 Å². The van der Waals surface area contributed by atoms with Crippen LogP contribution in [-0.2, 0) is 23.9 Å². The summed E-state index contributed by atoms with van der Waals surface area (Å²) < 4.78 is 10.5. The van der Waals surface area contributed by atoms with Gasteiger partial charge < -0.3 is 24.8 Å². The van der Waals surface area contributed by atoms with Gasteiger partial charge in [-0.1, -0.05) is 147 Å². The fourth-order valence-electron chi connectivity index (χ4n) is 6.48. The summed E-state index contributed by atoms with van der Waals surface area (Å²) >= 11 is 0. The molecule has 1 fully saturated rings. The van der Waals surface area contributed by atoms with Gasteiger partial charge in [0.2, 0.25) is 0 Å². The minimum atomic E-state index is -0.854. The number of unbranched alkanes of at least 4 members (excludes halogenated alkanes) is 17. The molecule has 0 spiro atoms. The van der Waals surface area contributed by atoms with Crippen LogP contribution in [0.3, 0.4) is 0 Å². The Hall–Kier alpha value is -2.03. The van der Waals surface area contributed by atoms with Crippen molar-refractivity contribution in [3.63, 3.8) is 0 Å². The molecule has 1 aliphatic rings. The highest BCUT2D eigenvalue weighted by molar-refractivity contribution is 5.86. The molecule has 3 N–H and O–H groups in total. The van der Waals surface area contributed by atoms with Crippen LogP contribution in [0.5, 0.6) is 0 Å². The van der Waals surface area contributed by atoms with E-state index < -0.39 is 36.8 Å². The average Bonchev–Trinajstić information content (AvgIpc) is 3.36. The van der Waals surface area contributed by atoms with E-state index in [1.54, 1.807) is 12.2 Å². The fraction of sp³-hybridized carbons (Fsp3) is 0.829. The first kappa shape index (κ1) is 45.0. The molecule has 0 radical (unpaired) electrons. The summed E-state index contributed by atoms with van der Waals surface area (Å²) in [6, 6.07) is 0. The summed E-state index contributed by atoms with van der Waals surface area (Å²) in [6.07, 6.45) is 30.3. The van der Waals surface area contributed by atoms with Crippen molar-refractivity contribution in [3.05, 3.63) is 24.3 Å². The van der Waals surface area contributed by atoms with Gasteiger partial charge in [0.1, 0.15) is 12.4 Å². The first-order valence-electron chi connectivity index (χ1n) is 20.0. The van der Waals surface area contributed by atoms with Gasteiger partial charge in [-0.25, -0.2) is 0 Å². The number of aliphatic hydroxyl groups excluding tert-OH is 3. The lowest BCUT2D eigenvalue weighted by Crippen LogP contribution is -2.28. The standard InChI is InChI=1S/C41H72O8/c1-3-5-7-8-9-10-11-12-13-14-15-16-17-18-24-28-41(47)49-35(32-42)33-48-40(46)27-23-20-19-22-26-36-37(39(45)31-38(36)44)30-29-34(43)25-21-6-4-2/h19,22,29-30,34-38,42-44H,3-18,20-21,23-28,31-33H2,1-2H3/b22-19-,30-29+/t34-,35-,36+,37+,38-/m0/s1. The van der Waals surface area contributed by atoms with Gasteiger partial charge in [0.15, 0.2) is 6.10 Å². The molecule has 1 rings (SSSR count). The van der Waals surface area contributed by atoms with E-state index in [1.807, 2.05) is 12.2 Å². The van der Waals surface area contributed by atoms with E-state index >= 15 is 0 Å². The van der Waals surface area contributed by atoms with E-state index in [0.29, 0.717) is 32.1 Å². The largest absolute Gasteiger partial charge is 0.462 e. The van der Waals surface area contributed by atoms with Crippen LogP contribution in [0.25, 0.3) is 0 Å². The van der Waals surface area contributed by atoms with Gasteiger partial charge in [-0.3, -0.25) is 14.4 Å². The number of rotatable bonds is 32. The summed E-state index contributed by atoms with van der Waals surface area (Å²) in [5.74, 6) is -1.39. The number of allylic oxidation sites excluding steroid dienone is 3. The number of carbonyl (C=O) groups excluding carboxylic acids is 3. The molecule has 0 aromatic heterocycles. The topological polar surface area (TPSA) is 130 Å². The molecule has 49 heavy (non-hydrogen) atoms. The molecule has 0 aromatic rings. The zero-order valence-corrected chi connectivity index (χ0v) is 31.2. The van der Waals surface area contributed by atoms with Crippen molar-refractivity contribution in [3.8, 4) is 0 Å². The van der Waals surface area contributed by atoms with Crippen molar-refractivity contribution >= 4 is 17.7 Å². The van der Waals surface area contributed by atoms with E-state index in [0.717, 1.165) is 38.5 Å². The van der Waals surface area contributed by atoms with Gasteiger partial charge in [-0.05, 0) is 32.1 Å². The van der Waals surface area contributed by atoms with E-state index in [1.165, 1.54) is 77.0 Å². The summed E-state index contributed by atoms with van der Waals surface area (Å²) in [5.41, 5.74) is 0. The normalized spacial score (nSPS) is 19.2. The van der Waals surface area contributed by atoms with Crippen LogP contribution >= 0.6 is 0 Å². The molecule has 8 nitrogen and oxygen atoms in total. The molecule has 8 heteroatoms. The fourth-order valence-corrected chi connectivity index (χ4v) is 6.48. The second-order valence-corrected chi connectivity index (χ2v) is 14.2. The van der Waals surface area contributed by atoms with Crippen LogP contribution < -0.4 is 0 Å². The van der Waals surface area contributed by atoms with Gasteiger partial charge in [-0.2, -0.15) is 0 Å². The zero-order chi connectivity index (χ0) is 36.0. The molecule has 0 aliphatic heterocycles. The summed E-state index contributed by atoms with van der Waals surface area (Å²) in [4.78, 5) is 36.8. The lowest BCUT2D eigenvalue weighted by molar-refractivity contribution is -0.161. The van der Waals surface area contributed by atoms with Gasteiger partial charge >= 0.3 is 11.9 Å². The van der Waals surface area contributed by atoms with Crippen molar-refractivity contribution in [2.75, 3.05) is 13.2 Å². The van der Waals surface area contributed by atoms with Gasteiger partial charge in [0, 0.05) is 31.1 Å². The predicted octanol–water partition coefficient (Wildman–Crippen LogP) is 8.88. The molecule has 1 aliphatic carbocycles. The first-order chi connectivity index (χ1) is 23.8. The summed E-state index contributed by atoms with van der Waals surface area (Å²) in [5, 5.41) is 30.1.